The summed E-state index contributed by atoms with van der Waals surface area (Å²) in [5.74, 6) is -2.42. The molecular weight excluding hydrogens is 598 g/mol. The zero-order chi connectivity index (χ0) is 29.5. The van der Waals surface area contributed by atoms with Crippen molar-refractivity contribution in [3.63, 3.8) is 0 Å². The molecule has 11 heteroatoms. The van der Waals surface area contributed by atoms with Gasteiger partial charge < -0.3 is 25.0 Å². The predicted octanol–water partition coefficient (Wildman–Crippen LogP) is 1.01. The molecule has 2 aromatic rings. The third-order valence-corrected chi connectivity index (χ3v) is 9.37. The summed E-state index contributed by atoms with van der Waals surface area (Å²) in [6.07, 6.45) is 3.61. The minimum atomic E-state index is -1.95. The molecule has 4 N–H and O–H groups in total. The van der Waals surface area contributed by atoms with Crippen LogP contribution in [-0.4, -0.2) is 27.4 Å². The van der Waals surface area contributed by atoms with Gasteiger partial charge in [-0.25, -0.2) is 0 Å². The number of benzene rings is 1. The van der Waals surface area contributed by atoms with Crippen LogP contribution in [0.15, 0.2) is 40.6 Å². The van der Waals surface area contributed by atoms with Crippen LogP contribution in [0.1, 0.15) is 49.4 Å². The number of hydrogen-bond acceptors (Lipinski definition) is 9. The van der Waals surface area contributed by atoms with Crippen LogP contribution in [0.4, 0.5) is 0 Å². The maximum Gasteiger partial charge on any atom is 0.259 e. The van der Waals surface area contributed by atoms with Gasteiger partial charge in [-0.2, -0.15) is 0 Å². The van der Waals surface area contributed by atoms with Crippen LogP contribution in [0.2, 0.25) is 0 Å². The molecule has 0 saturated heterocycles. The number of unbranched alkanes of at least 4 members (excludes halogenated alkanes) is 2. The van der Waals surface area contributed by atoms with Gasteiger partial charge in [0.25, 0.3) is 5.56 Å². The third-order valence-electron chi connectivity index (χ3n) is 8.46. The van der Waals surface area contributed by atoms with E-state index in [1.54, 1.807) is 6.07 Å². The first-order chi connectivity index (χ1) is 19.5. The van der Waals surface area contributed by atoms with Crippen LogP contribution in [-0.2, 0) is 18.3 Å². The summed E-state index contributed by atoms with van der Waals surface area (Å²) in [5.41, 5.74) is -5.53. The number of rotatable bonds is 5. The Morgan fingerprint density at radius 2 is 1.59 bits per heavy atom. The number of ether oxygens (including phenoxy) is 1. The van der Waals surface area contributed by atoms with Crippen LogP contribution in [0.5, 0.6) is 11.5 Å². The lowest BCUT2D eigenvalue weighted by Crippen LogP contribution is -2.51. The second-order valence-electron chi connectivity index (χ2n) is 10.6. The summed E-state index contributed by atoms with van der Waals surface area (Å²) in [6.45, 7) is 2.07. The maximum absolute atomic E-state index is 13.6. The molecule has 1 aromatic heterocycles. The maximum atomic E-state index is 13.6. The smallest absolute Gasteiger partial charge is 0.259 e. The fourth-order valence-corrected chi connectivity index (χ4v) is 7.25. The zero-order valence-electron chi connectivity index (χ0n) is 22.1. The average Bonchev–Trinajstić information content (AvgIpc) is 3.45. The number of methoxy groups -OCH3 is 1. The number of aryl methyl sites for hydroxylation is 1. The quantitative estimate of drug-likeness (QED) is 0.237. The van der Waals surface area contributed by atoms with E-state index in [1.807, 2.05) is 0 Å². The van der Waals surface area contributed by atoms with Crippen LogP contribution in [0.25, 0.3) is 22.3 Å². The molecule has 4 aliphatic carbocycles. The molecule has 41 heavy (non-hydrogen) atoms. The number of H-pyrrole nitrogens is 1. The monoisotopic (exact) mass is 621 g/mol. The molecule has 1 unspecified atom stereocenters. The van der Waals surface area contributed by atoms with Gasteiger partial charge in [0.2, 0.25) is 16.3 Å². The number of aliphatic hydroxyl groups excluding tert-OH is 2. The molecule has 0 saturated carbocycles. The Balaban J connectivity index is 1.74. The largest absolute Gasteiger partial charge is 0.510 e. The number of pyridine rings is 1. The van der Waals surface area contributed by atoms with Gasteiger partial charge in [0.15, 0.2) is 11.2 Å². The molecule has 0 radical (unpaired) electrons. The number of fused-ring (bicyclic) bond motifs is 4. The first kappa shape index (κ1) is 26.9. The summed E-state index contributed by atoms with van der Waals surface area (Å²) in [6, 6.07) is 2.57. The molecule has 0 amide bonds. The Bertz CT molecular complexity index is 2320. The van der Waals surface area contributed by atoms with E-state index in [1.165, 1.54) is 0 Å². The molecule has 0 bridgehead atoms. The van der Waals surface area contributed by atoms with Crippen LogP contribution in [0.3, 0.4) is 0 Å². The first-order valence-electron chi connectivity index (χ1n) is 13.2. The Kier molecular flexibility index (Phi) is 6.00. The molecule has 10 nitrogen and oxygen atoms in total. The van der Waals surface area contributed by atoms with Gasteiger partial charge >= 0.3 is 0 Å². The van der Waals surface area contributed by atoms with Gasteiger partial charge in [-0.1, -0.05) is 19.8 Å². The van der Waals surface area contributed by atoms with E-state index in [0.717, 1.165) is 32.4 Å². The molecule has 1 heterocycles. The van der Waals surface area contributed by atoms with Crippen molar-refractivity contribution in [3.05, 3.63) is 106 Å². The molecule has 1 spiro atoms. The summed E-state index contributed by atoms with van der Waals surface area (Å²) in [5, 5.41) is 32.4. The molecule has 1 atom stereocenters. The molecular formula is C30H24BrNO9. The van der Waals surface area contributed by atoms with Crippen molar-refractivity contribution in [2.24, 2.45) is 0 Å². The third kappa shape index (κ3) is 3.32. The van der Waals surface area contributed by atoms with Crippen molar-refractivity contribution >= 4 is 38.2 Å². The molecule has 6 rings (SSSR count). The fourth-order valence-electron chi connectivity index (χ4n) is 6.55. The minimum Gasteiger partial charge on any atom is -0.510 e. The standard InChI is InChI=1S/C30H24BrNO9/c1-3-4-5-6-11-9-13-16(29(40)32-11)26(37)21-12(22(13)31)7-8-30(21)27(38)19-20(28(30)39)25(36)18-17(24(19)35)14(33)10-15(41-2)23(18)34/h9-10,37-39H,3-8H2,1-2H3,(H,32,40). The number of phenols is 1. The number of aromatic nitrogens is 1. The van der Waals surface area contributed by atoms with E-state index in [-0.39, 0.29) is 23.8 Å². The molecule has 4 aliphatic rings. The van der Waals surface area contributed by atoms with Crippen molar-refractivity contribution in [3.8, 4) is 11.5 Å². The van der Waals surface area contributed by atoms with E-state index in [0.29, 0.717) is 27.5 Å². The summed E-state index contributed by atoms with van der Waals surface area (Å²) in [7, 11) is 1.13. The van der Waals surface area contributed by atoms with Crippen molar-refractivity contribution < 1.29 is 20.1 Å². The Labute approximate surface area is 238 Å². The Morgan fingerprint density at radius 1 is 0.927 bits per heavy atom. The number of aromatic amines is 1. The van der Waals surface area contributed by atoms with Gasteiger partial charge in [-0.15, -0.1) is 0 Å². The van der Waals surface area contributed by atoms with Crippen molar-refractivity contribution in [2.75, 3.05) is 7.11 Å². The van der Waals surface area contributed by atoms with E-state index in [2.05, 4.69) is 27.8 Å². The first-order valence-corrected chi connectivity index (χ1v) is 14.0. The lowest BCUT2D eigenvalue weighted by atomic mass is 9.78. The fraction of sp³-hybridized carbons (Fsp3) is 0.300. The van der Waals surface area contributed by atoms with Crippen LogP contribution < -0.4 is 42.4 Å². The van der Waals surface area contributed by atoms with Gasteiger partial charge in [0, 0.05) is 27.2 Å². The van der Waals surface area contributed by atoms with Crippen LogP contribution >= 0.6 is 15.9 Å². The van der Waals surface area contributed by atoms with Crippen molar-refractivity contribution in [2.45, 2.75) is 50.9 Å². The summed E-state index contributed by atoms with van der Waals surface area (Å²) >= 11 is 3.56. The number of aliphatic hydroxyl groups is 2. The van der Waals surface area contributed by atoms with Crippen molar-refractivity contribution in [1.29, 1.82) is 0 Å². The van der Waals surface area contributed by atoms with Gasteiger partial charge in [0.1, 0.15) is 22.7 Å². The van der Waals surface area contributed by atoms with Gasteiger partial charge in [-0.05, 0) is 53.2 Å². The number of phenolic OH excluding ortho intramolecular Hbond substituents is 1. The highest BCUT2D eigenvalue weighted by Gasteiger charge is 2.53. The summed E-state index contributed by atoms with van der Waals surface area (Å²) in [4.78, 5) is 68.9. The van der Waals surface area contributed by atoms with Gasteiger partial charge in [0.05, 0.1) is 33.4 Å². The number of halogens is 1. The second kappa shape index (κ2) is 9.13. The second-order valence-corrected chi connectivity index (χ2v) is 11.3. The highest BCUT2D eigenvalue weighted by molar-refractivity contribution is 9.10. The number of aromatic hydroxyl groups is 1. The topological polar surface area (TPSA) is 171 Å². The molecule has 0 aliphatic heterocycles. The van der Waals surface area contributed by atoms with E-state index >= 15 is 0 Å². The molecule has 210 valence electrons. The highest BCUT2D eigenvalue weighted by atomic mass is 79.9. The SMILES string of the molecule is CCCCCc1cc2c(Br)c3c(c(O)c2c(=O)[nH]1)C1(CC3)C(O)=c2c(=O)c3c(=O)cc(OC)c(=O)c=3c(=O)c2=C1O. The number of hydrogen-bond donors (Lipinski definition) is 4. The highest BCUT2D eigenvalue weighted by Crippen LogP contribution is 2.56. The lowest BCUT2D eigenvalue weighted by Gasteiger charge is -2.27. The predicted molar refractivity (Wildman–Crippen MR) is 154 cm³/mol. The normalized spacial score (nSPS) is 17.6. The Morgan fingerprint density at radius 3 is 2.22 bits per heavy atom. The molecule has 1 aromatic carbocycles. The minimum absolute atomic E-state index is 0.0301. The van der Waals surface area contributed by atoms with E-state index in [4.69, 9.17) is 4.74 Å². The van der Waals surface area contributed by atoms with Crippen LogP contribution in [0, 0.1) is 10.4 Å². The van der Waals surface area contributed by atoms with E-state index < -0.39 is 76.6 Å². The van der Waals surface area contributed by atoms with Gasteiger partial charge in [-0.3, -0.25) is 24.0 Å². The van der Waals surface area contributed by atoms with E-state index in [9.17, 15) is 39.3 Å². The Hall–Kier alpha value is -4.25. The summed E-state index contributed by atoms with van der Waals surface area (Å²) < 4.78 is 5.38. The van der Waals surface area contributed by atoms with Crippen molar-refractivity contribution in [1.82, 2.24) is 4.98 Å². The average molecular weight is 622 g/mol. The molecule has 0 fully saturated rings. The zero-order valence-corrected chi connectivity index (χ0v) is 23.7. The lowest BCUT2D eigenvalue weighted by molar-refractivity contribution is 0.362. The number of nitrogens with one attached hydrogen (secondary N) is 1.